The highest BCUT2D eigenvalue weighted by atomic mass is 16.5. The number of methoxy groups -OCH3 is 2. The van der Waals surface area contributed by atoms with Crippen LogP contribution in [0.2, 0.25) is 0 Å². The summed E-state index contributed by atoms with van der Waals surface area (Å²) in [5.41, 5.74) is 0.669. The number of aliphatic carboxylic acids is 1. The molecule has 0 aromatic heterocycles. The molecule has 0 fully saturated rings. The number of rotatable bonds is 7. The molecule has 0 aliphatic heterocycles. The molecule has 0 aliphatic carbocycles. The van der Waals surface area contributed by atoms with Crippen LogP contribution in [0, 0.1) is 17.2 Å². The van der Waals surface area contributed by atoms with E-state index in [4.69, 9.17) is 19.8 Å². The fraction of sp³-hybridized carbons (Fsp3) is 0.429. The van der Waals surface area contributed by atoms with Crippen LogP contribution in [0.25, 0.3) is 0 Å². The molecule has 0 spiro atoms. The third-order valence-corrected chi connectivity index (χ3v) is 2.90. The second-order valence-electron chi connectivity index (χ2n) is 4.32. The Bertz CT molecular complexity index is 510. The SMILES string of the molecule is COc1ccc(N(CC#N)CC(C)C(=O)O)c(OC)c1. The van der Waals surface area contributed by atoms with Gasteiger partial charge in [-0.15, -0.1) is 0 Å². The Morgan fingerprint density at radius 2 is 2.15 bits per heavy atom. The fourth-order valence-electron chi connectivity index (χ4n) is 1.79. The third kappa shape index (κ3) is 3.79. The molecule has 0 radical (unpaired) electrons. The molecule has 20 heavy (non-hydrogen) atoms. The molecule has 1 atom stereocenters. The number of nitrogens with zero attached hydrogens (tertiary/aromatic N) is 2. The van der Waals surface area contributed by atoms with E-state index in [1.807, 2.05) is 6.07 Å². The van der Waals surface area contributed by atoms with E-state index >= 15 is 0 Å². The van der Waals surface area contributed by atoms with Crippen LogP contribution in [-0.2, 0) is 4.79 Å². The van der Waals surface area contributed by atoms with Crippen LogP contribution in [0.3, 0.4) is 0 Å². The van der Waals surface area contributed by atoms with Gasteiger partial charge in [0.05, 0.1) is 31.9 Å². The standard InChI is InChI=1S/C14H18N2O4/c1-10(14(17)18)9-16(7-6-15)12-5-4-11(19-2)8-13(12)20-3/h4-5,8,10H,7,9H2,1-3H3,(H,17,18). The van der Waals surface area contributed by atoms with E-state index in [-0.39, 0.29) is 13.1 Å². The number of carboxylic acids is 1. The summed E-state index contributed by atoms with van der Waals surface area (Å²) >= 11 is 0. The average Bonchev–Trinajstić information content (AvgIpc) is 2.45. The van der Waals surface area contributed by atoms with Crippen LogP contribution in [0.1, 0.15) is 6.92 Å². The first-order valence-corrected chi connectivity index (χ1v) is 6.10. The molecule has 0 saturated heterocycles. The highest BCUT2D eigenvalue weighted by Gasteiger charge is 2.19. The maximum absolute atomic E-state index is 11.0. The lowest BCUT2D eigenvalue weighted by molar-refractivity contribution is -0.140. The van der Waals surface area contributed by atoms with Crippen molar-refractivity contribution in [3.63, 3.8) is 0 Å². The zero-order valence-corrected chi connectivity index (χ0v) is 11.8. The Kier molecular flexibility index (Phi) is 5.66. The van der Waals surface area contributed by atoms with Crippen molar-refractivity contribution in [2.24, 2.45) is 5.92 Å². The van der Waals surface area contributed by atoms with Gasteiger partial charge in [-0.2, -0.15) is 5.26 Å². The number of anilines is 1. The van der Waals surface area contributed by atoms with Gasteiger partial charge in [0.2, 0.25) is 0 Å². The van der Waals surface area contributed by atoms with Crippen LogP contribution < -0.4 is 14.4 Å². The topological polar surface area (TPSA) is 82.8 Å². The monoisotopic (exact) mass is 278 g/mol. The van der Waals surface area contributed by atoms with Gasteiger partial charge in [-0.3, -0.25) is 4.79 Å². The van der Waals surface area contributed by atoms with Crippen molar-refractivity contribution in [3.05, 3.63) is 18.2 Å². The Morgan fingerprint density at radius 1 is 1.45 bits per heavy atom. The molecule has 1 aromatic carbocycles. The number of carboxylic acid groups (broad SMARTS) is 1. The van der Waals surface area contributed by atoms with Gasteiger partial charge in [-0.25, -0.2) is 0 Å². The Balaban J connectivity index is 3.08. The lowest BCUT2D eigenvalue weighted by Gasteiger charge is -2.25. The number of carbonyl (C=O) groups is 1. The van der Waals surface area contributed by atoms with E-state index in [2.05, 4.69) is 0 Å². The van der Waals surface area contributed by atoms with Crippen molar-refractivity contribution in [3.8, 4) is 17.6 Å². The Labute approximate surface area is 118 Å². The Morgan fingerprint density at radius 3 is 2.65 bits per heavy atom. The van der Waals surface area contributed by atoms with E-state index in [0.717, 1.165) is 0 Å². The van der Waals surface area contributed by atoms with Crippen LogP contribution in [0.15, 0.2) is 18.2 Å². The van der Waals surface area contributed by atoms with Gasteiger partial charge in [-0.1, -0.05) is 6.92 Å². The van der Waals surface area contributed by atoms with Crippen molar-refractivity contribution in [1.82, 2.24) is 0 Å². The summed E-state index contributed by atoms with van der Waals surface area (Å²) in [6, 6.07) is 7.23. The highest BCUT2D eigenvalue weighted by molar-refractivity contribution is 5.71. The second-order valence-corrected chi connectivity index (χ2v) is 4.32. The molecule has 0 aliphatic rings. The average molecular weight is 278 g/mol. The maximum Gasteiger partial charge on any atom is 0.308 e. The molecule has 1 rings (SSSR count). The highest BCUT2D eigenvalue weighted by Crippen LogP contribution is 2.32. The first-order valence-electron chi connectivity index (χ1n) is 6.10. The van der Waals surface area contributed by atoms with Gasteiger partial charge in [0, 0.05) is 12.6 Å². The van der Waals surface area contributed by atoms with Crippen molar-refractivity contribution in [2.75, 3.05) is 32.2 Å². The van der Waals surface area contributed by atoms with Gasteiger partial charge in [0.15, 0.2) is 0 Å². The van der Waals surface area contributed by atoms with E-state index in [0.29, 0.717) is 17.2 Å². The number of benzene rings is 1. The minimum Gasteiger partial charge on any atom is -0.497 e. The zero-order valence-electron chi connectivity index (χ0n) is 11.8. The molecular weight excluding hydrogens is 260 g/mol. The summed E-state index contributed by atoms with van der Waals surface area (Å²) in [6.07, 6.45) is 0. The van der Waals surface area contributed by atoms with Crippen molar-refractivity contribution >= 4 is 11.7 Å². The second kappa shape index (κ2) is 7.24. The van der Waals surface area contributed by atoms with Gasteiger partial charge in [0.25, 0.3) is 0 Å². The van der Waals surface area contributed by atoms with Crippen LogP contribution in [0.4, 0.5) is 5.69 Å². The molecule has 0 amide bonds. The summed E-state index contributed by atoms with van der Waals surface area (Å²) in [5, 5.41) is 17.9. The number of nitriles is 1. The predicted octanol–water partition coefficient (Wildman–Crippen LogP) is 1.75. The molecular formula is C14H18N2O4. The quantitative estimate of drug-likeness (QED) is 0.765. The lowest BCUT2D eigenvalue weighted by Crippen LogP contribution is -2.32. The molecule has 0 bridgehead atoms. The first kappa shape index (κ1) is 15.6. The van der Waals surface area contributed by atoms with E-state index in [1.54, 1.807) is 37.1 Å². The molecule has 1 aromatic rings. The van der Waals surface area contributed by atoms with Gasteiger partial charge in [-0.05, 0) is 12.1 Å². The zero-order chi connectivity index (χ0) is 15.1. The smallest absolute Gasteiger partial charge is 0.308 e. The Hall–Kier alpha value is -2.42. The van der Waals surface area contributed by atoms with Crippen LogP contribution in [0.5, 0.6) is 11.5 Å². The summed E-state index contributed by atoms with van der Waals surface area (Å²) in [7, 11) is 3.07. The first-order chi connectivity index (χ1) is 9.53. The molecule has 0 heterocycles. The summed E-state index contributed by atoms with van der Waals surface area (Å²) in [4.78, 5) is 12.6. The maximum atomic E-state index is 11.0. The van der Waals surface area contributed by atoms with Gasteiger partial charge >= 0.3 is 5.97 Å². The molecule has 0 saturated carbocycles. The van der Waals surface area contributed by atoms with E-state index < -0.39 is 11.9 Å². The van der Waals surface area contributed by atoms with Crippen LogP contribution in [-0.4, -0.2) is 38.4 Å². The van der Waals surface area contributed by atoms with E-state index in [1.165, 1.54) is 7.11 Å². The van der Waals surface area contributed by atoms with Gasteiger partial charge < -0.3 is 19.5 Å². The summed E-state index contributed by atoms with van der Waals surface area (Å²) in [5.74, 6) is -0.318. The fourth-order valence-corrected chi connectivity index (χ4v) is 1.79. The van der Waals surface area contributed by atoms with Crippen molar-refractivity contribution < 1.29 is 19.4 Å². The molecule has 6 heteroatoms. The minimum absolute atomic E-state index is 0.0836. The van der Waals surface area contributed by atoms with Gasteiger partial charge in [0.1, 0.15) is 18.0 Å². The molecule has 1 unspecified atom stereocenters. The number of hydrogen-bond acceptors (Lipinski definition) is 5. The van der Waals surface area contributed by atoms with Crippen molar-refractivity contribution in [1.29, 1.82) is 5.26 Å². The minimum atomic E-state index is -0.902. The third-order valence-electron chi connectivity index (χ3n) is 2.90. The number of hydrogen-bond donors (Lipinski definition) is 1. The number of ether oxygens (including phenoxy) is 2. The predicted molar refractivity (Wildman–Crippen MR) is 74.2 cm³/mol. The lowest BCUT2D eigenvalue weighted by atomic mass is 10.1. The molecule has 108 valence electrons. The van der Waals surface area contributed by atoms with Crippen LogP contribution >= 0.6 is 0 Å². The summed E-state index contributed by atoms with van der Waals surface area (Å²) in [6.45, 7) is 1.91. The largest absolute Gasteiger partial charge is 0.497 e. The molecule has 6 nitrogen and oxygen atoms in total. The normalized spacial score (nSPS) is 11.3. The summed E-state index contributed by atoms with van der Waals surface area (Å²) < 4.78 is 10.4. The molecule has 1 N–H and O–H groups in total. The van der Waals surface area contributed by atoms with Crippen molar-refractivity contribution in [2.45, 2.75) is 6.92 Å². The van der Waals surface area contributed by atoms with E-state index in [9.17, 15) is 4.79 Å².